The quantitative estimate of drug-likeness (QED) is 0.893. The van der Waals surface area contributed by atoms with Gasteiger partial charge < -0.3 is 14.4 Å². The molecule has 18 heavy (non-hydrogen) atoms. The molecule has 0 spiro atoms. The predicted molar refractivity (Wildman–Crippen MR) is 67.7 cm³/mol. The molecule has 0 aromatic carbocycles. The van der Waals surface area contributed by atoms with Gasteiger partial charge in [-0.2, -0.15) is 0 Å². The summed E-state index contributed by atoms with van der Waals surface area (Å²) in [6.07, 6.45) is 3.88. The molecule has 1 amide bonds. The maximum Gasteiger partial charge on any atom is 0.222 e. The van der Waals surface area contributed by atoms with Gasteiger partial charge in [0.25, 0.3) is 0 Å². The van der Waals surface area contributed by atoms with E-state index in [4.69, 9.17) is 9.52 Å². The van der Waals surface area contributed by atoms with Gasteiger partial charge in [0.05, 0.1) is 6.54 Å². The number of aliphatic hydroxyl groups is 1. The molecule has 2 heterocycles. The van der Waals surface area contributed by atoms with Crippen molar-refractivity contribution >= 4 is 5.91 Å². The van der Waals surface area contributed by atoms with E-state index in [-0.39, 0.29) is 12.5 Å². The highest BCUT2D eigenvalue weighted by Gasteiger charge is 2.22. The van der Waals surface area contributed by atoms with Gasteiger partial charge in [-0.15, -0.1) is 0 Å². The minimum Gasteiger partial charge on any atom is -0.462 e. The van der Waals surface area contributed by atoms with Crippen molar-refractivity contribution in [3.63, 3.8) is 0 Å². The summed E-state index contributed by atoms with van der Waals surface area (Å²) in [4.78, 5) is 13.9. The van der Waals surface area contributed by atoms with E-state index in [1.165, 1.54) is 0 Å². The largest absolute Gasteiger partial charge is 0.462 e. The van der Waals surface area contributed by atoms with Gasteiger partial charge >= 0.3 is 0 Å². The van der Waals surface area contributed by atoms with E-state index in [2.05, 4.69) is 6.92 Å². The number of carbonyl (C=O) groups excluding carboxylic acids is 1. The van der Waals surface area contributed by atoms with Crippen LogP contribution in [0, 0.1) is 5.92 Å². The molecule has 0 aliphatic carbocycles. The van der Waals surface area contributed by atoms with Crippen molar-refractivity contribution in [2.75, 3.05) is 6.54 Å². The first-order valence-corrected chi connectivity index (χ1v) is 6.69. The van der Waals surface area contributed by atoms with Crippen LogP contribution in [0.5, 0.6) is 0 Å². The van der Waals surface area contributed by atoms with Crippen LogP contribution in [-0.4, -0.2) is 22.5 Å². The minimum absolute atomic E-state index is 0.0914. The summed E-state index contributed by atoms with van der Waals surface area (Å²) in [5, 5.41) is 8.95. The molecule has 0 radical (unpaired) electrons. The normalized spacial score (nSPS) is 21.1. The maximum atomic E-state index is 12.0. The van der Waals surface area contributed by atoms with E-state index in [1.54, 1.807) is 6.07 Å². The summed E-state index contributed by atoms with van der Waals surface area (Å²) in [6.45, 7) is 3.43. The Kier molecular flexibility index (Phi) is 4.42. The van der Waals surface area contributed by atoms with Crippen molar-refractivity contribution in [2.45, 2.75) is 45.8 Å². The highest BCUT2D eigenvalue weighted by molar-refractivity contribution is 5.76. The Morgan fingerprint density at radius 1 is 1.39 bits per heavy atom. The molecular weight excluding hydrogens is 230 g/mol. The predicted octanol–water partition coefficient (Wildman–Crippen LogP) is 2.31. The second kappa shape index (κ2) is 6.05. The summed E-state index contributed by atoms with van der Waals surface area (Å²) < 4.78 is 5.43. The minimum atomic E-state index is -0.0914. The summed E-state index contributed by atoms with van der Waals surface area (Å²) in [5.74, 6) is 2.19. The molecule has 1 aromatic rings. The first-order valence-electron chi connectivity index (χ1n) is 6.69. The van der Waals surface area contributed by atoms with Crippen LogP contribution in [0.1, 0.15) is 44.1 Å². The number of furan rings is 1. The van der Waals surface area contributed by atoms with Crippen molar-refractivity contribution in [3.05, 3.63) is 23.7 Å². The van der Waals surface area contributed by atoms with E-state index in [0.717, 1.165) is 31.6 Å². The van der Waals surface area contributed by atoms with Crippen molar-refractivity contribution in [2.24, 2.45) is 5.92 Å². The lowest BCUT2D eigenvalue weighted by molar-refractivity contribution is -0.131. The van der Waals surface area contributed by atoms with E-state index in [1.807, 2.05) is 11.0 Å². The van der Waals surface area contributed by atoms with Crippen molar-refractivity contribution < 1.29 is 14.3 Å². The molecule has 0 saturated carbocycles. The molecule has 1 aliphatic rings. The molecule has 1 saturated heterocycles. The third-order valence-corrected chi connectivity index (χ3v) is 3.72. The van der Waals surface area contributed by atoms with Crippen LogP contribution in [-0.2, 0) is 17.9 Å². The fraction of sp³-hybridized carbons (Fsp3) is 0.643. The Morgan fingerprint density at radius 3 is 2.83 bits per heavy atom. The molecule has 0 bridgehead atoms. The maximum absolute atomic E-state index is 12.0. The SMILES string of the molecule is CCC1CCC(=O)N(Cc2ccc(CO)o2)CC1. The number of aliphatic hydroxyl groups excluding tert-OH is 1. The average Bonchev–Trinajstić information content (AvgIpc) is 2.77. The Morgan fingerprint density at radius 2 is 2.17 bits per heavy atom. The van der Waals surface area contributed by atoms with E-state index < -0.39 is 0 Å². The van der Waals surface area contributed by atoms with Gasteiger partial charge in [-0.3, -0.25) is 4.79 Å². The Labute approximate surface area is 108 Å². The fourth-order valence-corrected chi connectivity index (χ4v) is 2.45. The summed E-state index contributed by atoms with van der Waals surface area (Å²) in [5.41, 5.74) is 0. The third-order valence-electron chi connectivity index (χ3n) is 3.72. The smallest absolute Gasteiger partial charge is 0.222 e. The number of amides is 1. The van der Waals surface area contributed by atoms with Crippen LogP contribution in [0.2, 0.25) is 0 Å². The van der Waals surface area contributed by atoms with Gasteiger partial charge in [-0.1, -0.05) is 13.3 Å². The van der Waals surface area contributed by atoms with Crippen LogP contribution < -0.4 is 0 Å². The summed E-state index contributed by atoms with van der Waals surface area (Å²) in [6, 6.07) is 3.59. The van der Waals surface area contributed by atoms with Crippen molar-refractivity contribution in [1.29, 1.82) is 0 Å². The zero-order valence-corrected chi connectivity index (χ0v) is 10.9. The Bertz CT molecular complexity index is 399. The van der Waals surface area contributed by atoms with Crippen LogP contribution in [0.4, 0.5) is 0 Å². The summed E-state index contributed by atoms with van der Waals surface area (Å²) >= 11 is 0. The molecular formula is C14H21NO3. The Hall–Kier alpha value is -1.29. The number of hydrogen-bond donors (Lipinski definition) is 1. The number of rotatable bonds is 4. The molecule has 1 atom stereocenters. The lowest BCUT2D eigenvalue weighted by Crippen LogP contribution is -2.29. The zero-order valence-electron chi connectivity index (χ0n) is 10.9. The monoisotopic (exact) mass is 251 g/mol. The molecule has 1 fully saturated rings. The number of carbonyl (C=O) groups is 1. The van der Waals surface area contributed by atoms with Gasteiger partial charge in [0, 0.05) is 13.0 Å². The van der Waals surface area contributed by atoms with Crippen molar-refractivity contribution in [1.82, 2.24) is 4.90 Å². The van der Waals surface area contributed by atoms with Crippen molar-refractivity contribution in [3.8, 4) is 0 Å². The molecule has 1 unspecified atom stereocenters. The topological polar surface area (TPSA) is 53.7 Å². The first kappa shape index (κ1) is 13.1. The Balaban J connectivity index is 1.97. The number of nitrogens with zero attached hydrogens (tertiary/aromatic N) is 1. The molecule has 1 aromatic heterocycles. The molecule has 1 N–H and O–H groups in total. The zero-order chi connectivity index (χ0) is 13.0. The van der Waals surface area contributed by atoms with E-state index in [0.29, 0.717) is 24.6 Å². The van der Waals surface area contributed by atoms with Gasteiger partial charge in [0.15, 0.2) is 0 Å². The van der Waals surface area contributed by atoms with Crippen LogP contribution in [0.3, 0.4) is 0 Å². The van der Waals surface area contributed by atoms with E-state index in [9.17, 15) is 4.79 Å². The van der Waals surface area contributed by atoms with Crippen LogP contribution >= 0.6 is 0 Å². The highest BCUT2D eigenvalue weighted by atomic mass is 16.4. The van der Waals surface area contributed by atoms with Gasteiger partial charge in [-0.25, -0.2) is 0 Å². The average molecular weight is 251 g/mol. The van der Waals surface area contributed by atoms with Crippen LogP contribution in [0.15, 0.2) is 16.5 Å². The van der Waals surface area contributed by atoms with E-state index >= 15 is 0 Å². The standard InChI is InChI=1S/C14H21NO3/c1-2-11-3-6-14(17)15(8-7-11)9-12-4-5-13(10-16)18-12/h4-5,11,16H,2-3,6-10H2,1H3. The summed E-state index contributed by atoms with van der Waals surface area (Å²) in [7, 11) is 0. The molecule has 4 nitrogen and oxygen atoms in total. The number of hydrogen-bond acceptors (Lipinski definition) is 3. The van der Waals surface area contributed by atoms with Gasteiger partial charge in [0.1, 0.15) is 18.1 Å². The second-order valence-electron chi connectivity index (χ2n) is 4.94. The highest BCUT2D eigenvalue weighted by Crippen LogP contribution is 2.22. The first-order chi connectivity index (χ1) is 8.72. The lowest BCUT2D eigenvalue weighted by atomic mass is 9.98. The lowest BCUT2D eigenvalue weighted by Gasteiger charge is -2.19. The third kappa shape index (κ3) is 3.13. The molecule has 100 valence electrons. The molecule has 4 heteroatoms. The second-order valence-corrected chi connectivity index (χ2v) is 4.94. The fourth-order valence-electron chi connectivity index (χ4n) is 2.45. The number of likely N-dealkylation sites (tertiary alicyclic amines) is 1. The van der Waals surface area contributed by atoms with Crippen LogP contribution in [0.25, 0.3) is 0 Å². The van der Waals surface area contributed by atoms with Gasteiger partial charge in [-0.05, 0) is 30.9 Å². The molecule has 2 rings (SSSR count). The molecule has 1 aliphatic heterocycles. The van der Waals surface area contributed by atoms with Gasteiger partial charge in [0.2, 0.25) is 5.91 Å².